The Balaban J connectivity index is 2.78. The van der Waals surface area contributed by atoms with E-state index in [-0.39, 0.29) is 5.75 Å². The van der Waals surface area contributed by atoms with E-state index >= 15 is 0 Å². The van der Waals surface area contributed by atoms with E-state index < -0.39 is 0 Å². The normalized spacial score (nSPS) is 10.1. The van der Waals surface area contributed by atoms with Crippen LogP contribution in [0.15, 0.2) is 18.2 Å². The second-order valence-electron chi connectivity index (χ2n) is 2.65. The fraction of sp³-hybridized carbons (Fsp3) is 0.333. The highest BCUT2D eigenvalue weighted by molar-refractivity contribution is 9.09. The molecule has 0 spiro atoms. The van der Waals surface area contributed by atoms with Crippen LogP contribution in [0.1, 0.15) is 12.0 Å². The number of hydrogen-bond acceptors (Lipinski definition) is 2. The number of nitrogens with two attached hydrogens (primary N) is 1. The number of phenols is 1. The molecule has 0 saturated carbocycles. The lowest BCUT2D eigenvalue weighted by Crippen LogP contribution is -1.91. The molecule has 0 aliphatic heterocycles. The van der Waals surface area contributed by atoms with E-state index in [1.807, 2.05) is 12.1 Å². The third kappa shape index (κ3) is 2.14. The smallest absolute Gasteiger partial charge is 0.141 e. The van der Waals surface area contributed by atoms with E-state index in [0.717, 1.165) is 23.7 Å². The molecule has 1 rings (SSSR count). The molecule has 0 atom stereocenters. The number of aryl methyl sites for hydroxylation is 1. The Morgan fingerprint density at radius 1 is 1.42 bits per heavy atom. The summed E-state index contributed by atoms with van der Waals surface area (Å²) in [5.41, 5.74) is 6.92. The Bertz CT molecular complexity index is 263. The van der Waals surface area contributed by atoms with Gasteiger partial charge in [0.1, 0.15) is 5.75 Å². The molecular formula is C9H12BrNO. The minimum Gasteiger partial charge on any atom is -0.506 e. The number of nitrogen functional groups attached to an aromatic ring is 1. The number of phenolic OH excluding ortho intramolecular Hbond substituents is 1. The third-order valence-electron chi connectivity index (χ3n) is 1.73. The summed E-state index contributed by atoms with van der Waals surface area (Å²) in [6.45, 7) is 0. The van der Waals surface area contributed by atoms with E-state index in [1.165, 1.54) is 0 Å². The van der Waals surface area contributed by atoms with Crippen LogP contribution < -0.4 is 5.73 Å². The molecule has 0 radical (unpaired) electrons. The van der Waals surface area contributed by atoms with Crippen LogP contribution in [-0.2, 0) is 6.42 Å². The number of alkyl halides is 1. The molecule has 0 unspecified atom stereocenters. The average Bonchev–Trinajstić information content (AvgIpc) is 2.08. The van der Waals surface area contributed by atoms with Gasteiger partial charge in [0, 0.05) is 5.33 Å². The van der Waals surface area contributed by atoms with Gasteiger partial charge in [0.15, 0.2) is 0 Å². The summed E-state index contributed by atoms with van der Waals surface area (Å²) < 4.78 is 0. The highest BCUT2D eigenvalue weighted by atomic mass is 79.9. The quantitative estimate of drug-likeness (QED) is 0.475. The molecule has 0 heterocycles. The van der Waals surface area contributed by atoms with Crippen molar-refractivity contribution in [1.82, 2.24) is 0 Å². The molecule has 0 aromatic heterocycles. The molecule has 1 aromatic carbocycles. The zero-order valence-corrected chi connectivity index (χ0v) is 8.34. The summed E-state index contributed by atoms with van der Waals surface area (Å²) in [5.74, 6) is 0.235. The Hall–Kier alpha value is -0.700. The topological polar surface area (TPSA) is 46.2 Å². The molecule has 12 heavy (non-hydrogen) atoms. The maximum absolute atomic E-state index is 9.48. The van der Waals surface area contributed by atoms with E-state index in [4.69, 9.17) is 5.73 Å². The van der Waals surface area contributed by atoms with Crippen molar-refractivity contribution in [2.24, 2.45) is 0 Å². The highest BCUT2D eigenvalue weighted by Gasteiger charge is 2.02. The van der Waals surface area contributed by atoms with Crippen LogP contribution >= 0.6 is 15.9 Å². The van der Waals surface area contributed by atoms with Gasteiger partial charge in [0.05, 0.1) is 5.69 Å². The number of para-hydroxylation sites is 1. The van der Waals surface area contributed by atoms with Gasteiger partial charge in [-0.2, -0.15) is 0 Å². The van der Waals surface area contributed by atoms with Gasteiger partial charge in [-0.1, -0.05) is 28.1 Å². The van der Waals surface area contributed by atoms with Gasteiger partial charge in [0.2, 0.25) is 0 Å². The van der Waals surface area contributed by atoms with Crippen molar-refractivity contribution < 1.29 is 5.11 Å². The lowest BCUT2D eigenvalue weighted by Gasteiger charge is -2.04. The molecule has 0 bridgehead atoms. The summed E-state index contributed by atoms with van der Waals surface area (Å²) in [7, 11) is 0. The number of benzene rings is 1. The zero-order valence-electron chi connectivity index (χ0n) is 6.76. The van der Waals surface area contributed by atoms with Crippen LogP contribution in [0.25, 0.3) is 0 Å². The molecule has 2 nitrogen and oxygen atoms in total. The molecule has 3 N–H and O–H groups in total. The van der Waals surface area contributed by atoms with Crippen molar-refractivity contribution in [2.75, 3.05) is 11.1 Å². The standard InChI is InChI=1S/C9H12BrNO/c10-6-2-4-7-3-1-5-8(11)9(7)12/h1,3,5,12H,2,4,6,11H2. The van der Waals surface area contributed by atoms with Gasteiger partial charge >= 0.3 is 0 Å². The predicted molar refractivity (Wildman–Crippen MR) is 54.6 cm³/mol. The lowest BCUT2D eigenvalue weighted by molar-refractivity contribution is 0.470. The molecule has 0 aliphatic rings. The van der Waals surface area contributed by atoms with Crippen LogP contribution in [0.2, 0.25) is 0 Å². The van der Waals surface area contributed by atoms with E-state index in [0.29, 0.717) is 5.69 Å². The van der Waals surface area contributed by atoms with Crippen molar-refractivity contribution >= 4 is 21.6 Å². The van der Waals surface area contributed by atoms with E-state index in [9.17, 15) is 5.11 Å². The molecule has 1 aromatic rings. The van der Waals surface area contributed by atoms with Gasteiger partial charge in [-0.25, -0.2) is 0 Å². The first-order valence-corrected chi connectivity index (χ1v) is 5.00. The van der Waals surface area contributed by atoms with Crippen LogP contribution in [0.5, 0.6) is 5.75 Å². The second-order valence-corrected chi connectivity index (χ2v) is 3.44. The molecule has 0 amide bonds. The number of halogens is 1. The summed E-state index contributed by atoms with van der Waals surface area (Å²) in [6, 6.07) is 5.46. The highest BCUT2D eigenvalue weighted by Crippen LogP contribution is 2.25. The van der Waals surface area contributed by atoms with Crippen LogP contribution in [0, 0.1) is 0 Å². The molecular weight excluding hydrogens is 218 g/mol. The van der Waals surface area contributed by atoms with Crippen molar-refractivity contribution in [2.45, 2.75) is 12.8 Å². The Kier molecular flexibility index (Phi) is 3.41. The maximum atomic E-state index is 9.48. The van der Waals surface area contributed by atoms with Crippen molar-refractivity contribution in [3.05, 3.63) is 23.8 Å². The minimum absolute atomic E-state index is 0.235. The largest absolute Gasteiger partial charge is 0.506 e. The first-order valence-electron chi connectivity index (χ1n) is 3.88. The van der Waals surface area contributed by atoms with Gasteiger partial charge in [0.25, 0.3) is 0 Å². The number of rotatable bonds is 3. The van der Waals surface area contributed by atoms with E-state index in [2.05, 4.69) is 15.9 Å². The predicted octanol–water partition coefficient (Wildman–Crippen LogP) is 2.30. The van der Waals surface area contributed by atoms with Gasteiger partial charge in [-0.3, -0.25) is 0 Å². The molecule has 3 heteroatoms. The lowest BCUT2D eigenvalue weighted by atomic mass is 10.1. The summed E-state index contributed by atoms with van der Waals surface area (Å²) in [4.78, 5) is 0. The molecule has 0 aliphatic carbocycles. The van der Waals surface area contributed by atoms with E-state index in [1.54, 1.807) is 6.07 Å². The van der Waals surface area contributed by atoms with Gasteiger partial charge < -0.3 is 10.8 Å². The number of anilines is 1. The summed E-state index contributed by atoms with van der Waals surface area (Å²) in [6.07, 6.45) is 1.87. The van der Waals surface area contributed by atoms with Crippen molar-refractivity contribution in [1.29, 1.82) is 0 Å². The van der Waals surface area contributed by atoms with Crippen LogP contribution in [0.3, 0.4) is 0 Å². The summed E-state index contributed by atoms with van der Waals surface area (Å²) >= 11 is 3.34. The van der Waals surface area contributed by atoms with Crippen LogP contribution in [-0.4, -0.2) is 10.4 Å². The first kappa shape index (κ1) is 9.39. The molecule has 0 fully saturated rings. The average molecular weight is 230 g/mol. The van der Waals surface area contributed by atoms with Crippen LogP contribution in [0.4, 0.5) is 5.69 Å². The third-order valence-corrected chi connectivity index (χ3v) is 2.29. The summed E-state index contributed by atoms with van der Waals surface area (Å²) in [5, 5.41) is 10.4. The maximum Gasteiger partial charge on any atom is 0.141 e. The van der Waals surface area contributed by atoms with Gasteiger partial charge in [-0.05, 0) is 24.5 Å². The van der Waals surface area contributed by atoms with Gasteiger partial charge in [-0.15, -0.1) is 0 Å². The first-order chi connectivity index (χ1) is 5.75. The second kappa shape index (κ2) is 4.36. The number of aromatic hydroxyl groups is 1. The van der Waals surface area contributed by atoms with Crippen molar-refractivity contribution in [3.8, 4) is 5.75 Å². The molecule has 66 valence electrons. The number of hydrogen-bond donors (Lipinski definition) is 2. The minimum atomic E-state index is 0.235. The Labute approximate surface area is 80.5 Å². The fourth-order valence-electron chi connectivity index (χ4n) is 1.07. The monoisotopic (exact) mass is 229 g/mol. The fourth-order valence-corrected chi connectivity index (χ4v) is 1.35. The van der Waals surface area contributed by atoms with Crippen molar-refractivity contribution in [3.63, 3.8) is 0 Å². The zero-order chi connectivity index (χ0) is 8.97. The Morgan fingerprint density at radius 2 is 2.17 bits per heavy atom. The molecule has 0 saturated heterocycles. The Morgan fingerprint density at radius 3 is 2.83 bits per heavy atom. The SMILES string of the molecule is Nc1cccc(CCCBr)c1O.